The van der Waals surface area contributed by atoms with Crippen molar-refractivity contribution in [2.45, 2.75) is 32.2 Å². The average Bonchev–Trinajstić information content (AvgIpc) is 3.18. The molecule has 0 bridgehead atoms. The Hall–Kier alpha value is -3.59. The van der Waals surface area contributed by atoms with E-state index in [1.165, 1.54) is 29.5 Å². The fourth-order valence-electron chi connectivity index (χ4n) is 3.36. The highest BCUT2D eigenvalue weighted by molar-refractivity contribution is 7.14. The number of nitrogens with one attached hydrogen (secondary N) is 3. The number of benzene rings is 2. The van der Waals surface area contributed by atoms with Gasteiger partial charge in [-0.25, -0.2) is 9.37 Å². The van der Waals surface area contributed by atoms with Crippen molar-refractivity contribution < 1.29 is 18.8 Å². The van der Waals surface area contributed by atoms with E-state index < -0.39 is 11.7 Å². The number of rotatable bonds is 8. The van der Waals surface area contributed by atoms with Crippen LogP contribution in [0.3, 0.4) is 0 Å². The lowest BCUT2D eigenvalue weighted by Crippen LogP contribution is -2.28. The lowest BCUT2D eigenvalue weighted by Gasteiger charge is -2.24. The molecule has 1 heterocycles. The van der Waals surface area contributed by atoms with Gasteiger partial charge in [-0.1, -0.05) is 30.7 Å². The van der Waals surface area contributed by atoms with Gasteiger partial charge in [0.25, 0.3) is 5.91 Å². The summed E-state index contributed by atoms with van der Waals surface area (Å²) < 4.78 is 13.7. The van der Waals surface area contributed by atoms with Crippen LogP contribution in [-0.2, 0) is 22.6 Å². The van der Waals surface area contributed by atoms with E-state index in [0.717, 1.165) is 24.8 Å². The third kappa shape index (κ3) is 6.01. The summed E-state index contributed by atoms with van der Waals surface area (Å²) in [5.41, 5.74) is 2.01. The fourth-order valence-corrected chi connectivity index (χ4v) is 4.06. The normalized spacial score (nSPS) is 13.1. The number of carbonyl (C=O) groups excluding carboxylic acids is 3. The molecule has 0 unspecified atom stereocenters. The maximum atomic E-state index is 13.7. The Bertz CT molecular complexity index is 1180. The van der Waals surface area contributed by atoms with Crippen LogP contribution in [0.25, 0.3) is 0 Å². The van der Waals surface area contributed by atoms with Crippen LogP contribution in [0, 0.1) is 11.7 Å². The minimum atomic E-state index is -0.613. The van der Waals surface area contributed by atoms with Gasteiger partial charge >= 0.3 is 0 Å². The molecule has 1 aliphatic carbocycles. The summed E-state index contributed by atoms with van der Waals surface area (Å²) >= 11 is 1.17. The Kier molecular flexibility index (Phi) is 7.09. The van der Waals surface area contributed by atoms with Gasteiger partial charge in [0.15, 0.2) is 5.13 Å². The predicted octanol–water partition coefficient (Wildman–Crippen LogP) is 4.13. The topological polar surface area (TPSA) is 100 Å². The van der Waals surface area contributed by atoms with Crippen molar-refractivity contribution >= 4 is 39.9 Å². The number of nitrogens with zero attached hydrogens (tertiary/aromatic N) is 1. The molecule has 0 saturated heterocycles. The maximum Gasteiger partial charge on any atom is 0.260 e. The molecule has 4 rings (SSSR count). The molecule has 9 heteroatoms. The SMILES string of the molecule is O=C(Cc1csc(NC(=O)c2ccccc2F)n1)NCc1cccc(NC(=O)C2CCC2)c1. The van der Waals surface area contributed by atoms with Crippen molar-refractivity contribution in [3.05, 3.63) is 76.5 Å². The molecule has 0 aliphatic heterocycles. The molecule has 1 saturated carbocycles. The summed E-state index contributed by atoms with van der Waals surface area (Å²) in [4.78, 5) is 40.9. The molecule has 0 spiro atoms. The summed E-state index contributed by atoms with van der Waals surface area (Å²) in [6, 6.07) is 13.1. The number of amides is 3. The minimum Gasteiger partial charge on any atom is -0.352 e. The van der Waals surface area contributed by atoms with Crippen LogP contribution in [0.5, 0.6) is 0 Å². The number of thiazole rings is 1. The molecule has 0 atom stereocenters. The summed E-state index contributed by atoms with van der Waals surface area (Å²) in [5.74, 6) is -1.28. The van der Waals surface area contributed by atoms with E-state index in [2.05, 4.69) is 20.9 Å². The second-order valence-corrected chi connectivity index (χ2v) is 8.71. The zero-order valence-corrected chi connectivity index (χ0v) is 18.6. The zero-order chi connectivity index (χ0) is 23.2. The Morgan fingerprint density at radius 2 is 1.88 bits per heavy atom. The van der Waals surface area contributed by atoms with Crippen molar-refractivity contribution in [3.8, 4) is 0 Å². The second-order valence-electron chi connectivity index (χ2n) is 7.85. The average molecular weight is 467 g/mol. The van der Waals surface area contributed by atoms with Gasteiger partial charge in [0.2, 0.25) is 11.8 Å². The fraction of sp³-hybridized carbons (Fsp3) is 0.250. The van der Waals surface area contributed by atoms with E-state index in [-0.39, 0.29) is 29.7 Å². The molecule has 33 heavy (non-hydrogen) atoms. The lowest BCUT2D eigenvalue weighted by molar-refractivity contribution is -0.122. The van der Waals surface area contributed by atoms with Crippen LogP contribution in [-0.4, -0.2) is 22.7 Å². The van der Waals surface area contributed by atoms with Gasteiger partial charge in [-0.15, -0.1) is 11.3 Å². The van der Waals surface area contributed by atoms with Crippen molar-refractivity contribution in [1.82, 2.24) is 10.3 Å². The first-order chi connectivity index (χ1) is 16.0. The summed E-state index contributed by atoms with van der Waals surface area (Å²) in [5, 5.41) is 10.3. The monoisotopic (exact) mass is 466 g/mol. The quantitative estimate of drug-likeness (QED) is 0.465. The van der Waals surface area contributed by atoms with Gasteiger partial charge < -0.3 is 10.6 Å². The van der Waals surface area contributed by atoms with Crippen molar-refractivity contribution in [2.24, 2.45) is 5.92 Å². The third-order valence-corrected chi connectivity index (χ3v) is 6.20. The van der Waals surface area contributed by atoms with Gasteiger partial charge in [0.1, 0.15) is 5.82 Å². The predicted molar refractivity (Wildman–Crippen MR) is 124 cm³/mol. The first-order valence-electron chi connectivity index (χ1n) is 10.6. The highest BCUT2D eigenvalue weighted by atomic mass is 32.1. The minimum absolute atomic E-state index is 0.0452. The molecule has 3 aromatic rings. The van der Waals surface area contributed by atoms with Gasteiger partial charge in [-0.05, 0) is 42.7 Å². The van der Waals surface area contributed by atoms with E-state index in [4.69, 9.17) is 0 Å². The van der Waals surface area contributed by atoms with E-state index >= 15 is 0 Å². The smallest absolute Gasteiger partial charge is 0.260 e. The maximum absolute atomic E-state index is 13.7. The highest BCUT2D eigenvalue weighted by Crippen LogP contribution is 2.27. The summed E-state index contributed by atoms with van der Waals surface area (Å²) in [7, 11) is 0. The van der Waals surface area contributed by atoms with Crippen LogP contribution >= 0.6 is 11.3 Å². The van der Waals surface area contributed by atoms with E-state index in [0.29, 0.717) is 23.1 Å². The van der Waals surface area contributed by atoms with Gasteiger partial charge in [0.05, 0.1) is 17.7 Å². The lowest BCUT2D eigenvalue weighted by atomic mass is 9.85. The number of halogens is 1. The second kappa shape index (κ2) is 10.4. The van der Waals surface area contributed by atoms with E-state index in [9.17, 15) is 18.8 Å². The van der Waals surface area contributed by atoms with Gasteiger partial charge in [0, 0.05) is 23.5 Å². The van der Waals surface area contributed by atoms with Gasteiger partial charge in [-0.2, -0.15) is 0 Å². The molecule has 3 amide bonds. The summed E-state index contributed by atoms with van der Waals surface area (Å²) in [6.07, 6.45) is 3.02. The highest BCUT2D eigenvalue weighted by Gasteiger charge is 2.25. The first kappa shape index (κ1) is 22.6. The number of anilines is 2. The Balaban J connectivity index is 1.26. The van der Waals surface area contributed by atoms with Gasteiger partial charge in [-0.3, -0.25) is 19.7 Å². The molecule has 2 aromatic carbocycles. The molecule has 1 fully saturated rings. The Morgan fingerprint density at radius 1 is 1.06 bits per heavy atom. The van der Waals surface area contributed by atoms with Crippen LogP contribution in [0.15, 0.2) is 53.9 Å². The van der Waals surface area contributed by atoms with Crippen LogP contribution in [0.2, 0.25) is 0 Å². The van der Waals surface area contributed by atoms with Crippen LogP contribution < -0.4 is 16.0 Å². The Labute approximate surface area is 194 Å². The van der Waals surface area contributed by atoms with Crippen molar-refractivity contribution in [3.63, 3.8) is 0 Å². The molecular formula is C24H23FN4O3S. The largest absolute Gasteiger partial charge is 0.352 e. The molecule has 1 aliphatic rings. The number of hydrogen-bond donors (Lipinski definition) is 3. The molecule has 3 N–H and O–H groups in total. The van der Waals surface area contributed by atoms with E-state index in [1.54, 1.807) is 11.4 Å². The van der Waals surface area contributed by atoms with E-state index in [1.807, 2.05) is 24.3 Å². The first-order valence-corrected chi connectivity index (χ1v) is 11.5. The number of carbonyl (C=O) groups is 3. The third-order valence-electron chi connectivity index (χ3n) is 5.39. The van der Waals surface area contributed by atoms with Crippen molar-refractivity contribution in [2.75, 3.05) is 10.6 Å². The van der Waals surface area contributed by atoms with Crippen molar-refractivity contribution in [1.29, 1.82) is 0 Å². The Morgan fingerprint density at radius 3 is 2.64 bits per heavy atom. The number of aromatic nitrogens is 1. The molecule has 170 valence electrons. The van der Waals surface area contributed by atoms with Crippen LogP contribution in [0.1, 0.15) is 40.9 Å². The molecular weight excluding hydrogens is 443 g/mol. The zero-order valence-electron chi connectivity index (χ0n) is 17.8. The molecule has 0 radical (unpaired) electrons. The summed E-state index contributed by atoms with van der Waals surface area (Å²) in [6.45, 7) is 0.312. The van der Waals surface area contributed by atoms with Crippen LogP contribution in [0.4, 0.5) is 15.2 Å². The standard InChI is InChI=1S/C24H23FN4O3S/c25-20-10-2-1-9-19(20)23(32)29-24-28-18(14-33-24)12-21(30)26-13-15-5-3-8-17(11-15)27-22(31)16-6-4-7-16/h1-3,5,8-11,14,16H,4,6-7,12-13H2,(H,26,30)(H,27,31)(H,28,29,32). The molecule has 1 aromatic heterocycles. The number of hydrogen-bond acceptors (Lipinski definition) is 5. The molecule has 7 nitrogen and oxygen atoms in total.